The van der Waals surface area contributed by atoms with Gasteiger partial charge in [-0.3, -0.25) is 19.3 Å². The van der Waals surface area contributed by atoms with Crippen molar-refractivity contribution in [1.82, 2.24) is 4.90 Å². The number of amides is 2. The number of hydrogen-bond acceptors (Lipinski definition) is 5. The van der Waals surface area contributed by atoms with Gasteiger partial charge in [-0.25, -0.2) is 0 Å². The van der Waals surface area contributed by atoms with E-state index in [1.807, 2.05) is 19.9 Å². The fraction of sp³-hybridized carbons (Fsp3) is 0.318. The van der Waals surface area contributed by atoms with Crippen molar-refractivity contribution in [3.8, 4) is 11.5 Å². The monoisotopic (exact) mass is 430 g/mol. The predicted molar refractivity (Wildman–Crippen MR) is 114 cm³/mol. The van der Waals surface area contributed by atoms with Crippen LogP contribution in [0.25, 0.3) is 0 Å². The minimum absolute atomic E-state index is 0.118. The number of ether oxygens (including phenoxy) is 2. The van der Waals surface area contributed by atoms with Crippen molar-refractivity contribution in [1.29, 1.82) is 0 Å². The second kappa shape index (κ2) is 9.17. The molecule has 3 rings (SSSR count). The molecule has 0 spiro atoms. The summed E-state index contributed by atoms with van der Waals surface area (Å²) in [5.74, 6) is 0.0346. The van der Waals surface area contributed by atoms with Crippen LogP contribution in [0, 0.1) is 6.92 Å². The SMILES string of the molecule is CCN(C)C(=O)CN1C(=O)COc2ccc(C(=O)COc3ccc(C)cc3Cl)cc21. The molecule has 158 valence electrons. The molecule has 0 radical (unpaired) electrons. The third kappa shape index (κ3) is 4.74. The Hall–Kier alpha value is -3.06. The van der Waals surface area contributed by atoms with E-state index >= 15 is 0 Å². The standard InChI is InChI=1S/C22H23ClN2O5/c1-4-24(3)21(27)11-25-17-10-15(6-8-20(17)30-13-22(25)28)18(26)12-29-19-7-5-14(2)9-16(19)23/h5-10H,4,11-13H2,1-3H3. The molecule has 2 aromatic carbocycles. The molecule has 0 atom stereocenters. The fourth-order valence-corrected chi connectivity index (χ4v) is 3.22. The third-order valence-corrected chi connectivity index (χ3v) is 5.16. The number of aryl methyl sites for hydroxylation is 1. The van der Waals surface area contributed by atoms with Crippen LogP contribution < -0.4 is 14.4 Å². The van der Waals surface area contributed by atoms with Gasteiger partial charge in [0.15, 0.2) is 19.0 Å². The van der Waals surface area contributed by atoms with Gasteiger partial charge in [0.25, 0.3) is 5.91 Å². The van der Waals surface area contributed by atoms with E-state index in [0.29, 0.717) is 34.3 Å². The summed E-state index contributed by atoms with van der Waals surface area (Å²) in [6.45, 7) is 3.80. The quantitative estimate of drug-likeness (QED) is 0.631. The minimum atomic E-state index is -0.340. The maximum absolute atomic E-state index is 12.7. The Morgan fingerprint density at radius 1 is 1.23 bits per heavy atom. The van der Waals surface area contributed by atoms with Gasteiger partial charge in [0.2, 0.25) is 5.91 Å². The first kappa shape index (κ1) is 21.6. The molecular formula is C22H23ClN2O5. The molecule has 0 saturated carbocycles. The van der Waals surface area contributed by atoms with Gasteiger partial charge in [0.1, 0.15) is 18.0 Å². The number of carbonyl (C=O) groups excluding carboxylic acids is 3. The Bertz CT molecular complexity index is 991. The van der Waals surface area contributed by atoms with Crippen molar-refractivity contribution in [3.63, 3.8) is 0 Å². The Balaban J connectivity index is 1.78. The number of likely N-dealkylation sites (N-methyl/N-ethyl adjacent to an activating group) is 1. The molecule has 1 aliphatic rings. The average molecular weight is 431 g/mol. The number of rotatable bonds is 7. The van der Waals surface area contributed by atoms with Crippen LogP contribution in [0.15, 0.2) is 36.4 Å². The van der Waals surface area contributed by atoms with Crippen LogP contribution in [0.5, 0.6) is 11.5 Å². The average Bonchev–Trinajstić information content (AvgIpc) is 2.73. The summed E-state index contributed by atoms with van der Waals surface area (Å²) in [5.41, 5.74) is 1.72. The van der Waals surface area contributed by atoms with Crippen LogP contribution in [-0.2, 0) is 9.59 Å². The van der Waals surface area contributed by atoms with Gasteiger partial charge in [0.05, 0.1) is 10.7 Å². The Morgan fingerprint density at radius 2 is 2.00 bits per heavy atom. The van der Waals surface area contributed by atoms with Gasteiger partial charge in [-0.2, -0.15) is 0 Å². The molecular weight excluding hydrogens is 408 g/mol. The zero-order valence-electron chi connectivity index (χ0n) is 17.1. The van der Waals surface area contributed by atoms with E-state index in [9.17, 15) is 14.4 Å². The summed E-state index contributed by atoms with van der Waals surface area (Å²) in [6.07, 6.45) is 0. The summed E-state index contributed by atoms with van der Waals surface area (Å²) in [4.78, 5) is 40.2. The largest absolute Gasteiger partial charge is 0.484 e. The molecule has 0 saturated heterocycles. The molecule has 8 heteroatoms. The van der Waals surface area contributed by atoms with Crippen molar-refractivity contribution < 1.29 is 23.9 Å². The number of benzene rings is 2. The van der Waals surface area contributed by atoms with Crippen LogP contribution >= 0.6 is 11.6 Å². The lowest BCUT2D eigenvalue weighted by Gasteiger charge is -2.30. The fourth-order valence-electron chi connectivity index (χ4n) is 2.93. The van der Waals surface area contributed by atoms with Gasteiger partial charge >= 0.3 is 0 Å². The van der Waals surface area contributed by atoms with Crippen LogP contribution in [-0.4, -0.2) is 55.8 Å². The second-order valence-electron chi connectivity index (χ2n) is 7.00. The second-order valence-corrected chi connectivity index (χ2v) is 7.41. The molecule has 7 nitrogen and oxygen atoms in total. The Kier molecular flexibility index (Phi) is 6.62. The summed E-state index contributed by atoms with van der Waals surface area (Å²) in [5, 5.41) is 0.428. The highest BCUT2D eigenvalue weighted by molar-refractivity contribution is 6.32. The lowest BCUT2D eigenvalue weighted by molar-refractivity contribution is -0.130. The maximum Gasteiger partial charge on any atom is 0.265 e. The van der Waals surface area contributed by atoms with E-state index < -0.39 is 0 Å². The summed E-state index contributed by atoms with van der Waals surface area (Å²) in [6, 6.07) is 10.1. The molecule has 0 unspecified atom stereocenters. The van der Waals surface area contributed by atoms with Crippen molar-refractivity contribution in [2.24, 2.45) is 0 Å². The lowest BCUT2D eigenvalue weighted by atomic mass is 10.1. The summed E-state index contributed by atoms with van der Waals surface area (Å²) >= 11 is 6.14. The van der Waals surface area contributed by atoms with Gasteiger partial charge in [-0.15, -0.1) is 0 Å². The summed E-state index contributed by atoms with van der Waals surface area (Å²) in [7, 11) is 1.67. The smallest absolute Gasteiger partial charge is 0.265 e. The summed E-state index contributed by atoms with van der Waals surface area (Å²) < 4.78 is 11.0. The van der Waals surface area contributed by atoms with Crippen molar-refractivity contribution in [2.45, 2.75) is 13.8 Å². The molecule has 2 amide bonds. The van der Waals surface area contributed by atoms with Crippen molar-refractivity contribution in [2.75, 3.05) is 38.3 Å². The number of hydrogen-bond donors (Lipinski definition) is 0. The normalized spacial score (nSPS) is 12.8. The molecule has 0 fully saturated rings. The van der Waals surface area contributed by atoms with Crippen molar-refractivity contribution in [3.05, 3.63) is 52.5 Å². The van der Waals surface area contributed by atoms with E-state index in [4.69, 9.17) is 21.1 Å². The molecule has 1 heterocycles. The van der Waals surface area contributed by atoms with Crippen LogP contribution in [0.1, 0.15) is 22.8 Å². The number of nitrogens with zero attached hydrogens (tertiary/aromatic N) is 2. The minimum Gasteiger partial charge on any atom is -0.484 e. The number of fused-ring (bicyclic) bond motifs is 1. The molecule has 0 aliphatic carbocycles. The van der Waals surface area contributed by atoms with Gasteiger partial charge in [-0.05, 0) is 49.7 Å². The number of anilines is 1. The zero-order valence-corrected chi connectivity index (χ0v) is 17.9. The molecule has 0 bridgehead atoms. The van der Waals surface area contributed by atoms with E-state index in [1.165, 1.54) is 9.80 Å². The molecule has 2 aromatic rings. The highest BCUT2D eigenvalue weighted by atomic mass is 35.5. The number of carbonyl (C=O) groups is 3. The predicted octanol–water partition coefficient (Wildman–Crippen LogP) is 3.11. The molecule has 30 heavy (non-hydrogen) atoms. The third-order valence-electron chi connectivity index (χ3n) is 4.86. The molecule has 0 N–H and O–H groups in total. The highest BCUT2D eigenvalue weighted by Crippen LogP contribution is 2.33. The Morgan fingerprint density at radius 3 is 2.70 bits per heavy atom. The molecule has 0 aromatic heterocycles. The van der Waals surface area contributed by atoms with E-state index in [1.54, 1.807) is 37.4 Å². The lowest BCUT2D eigenvalue weighted by Crippen LogP contribution is -2.45. The highest BCUT2D eigenvalue weighted by Gasteiger charge is 2.29. The topological polar surface area (TPSA) is 76.2 Å². The maximum atomic E-state index is 12.7. The van der Waals surface area contributed by atoms with Gasteiger partial charge in [0, 0.05) is 19.2 Å². The van der Waals surface area contributed by atoms with Gasteiger partial charge < -0.3 is 14.4 Å². The Labute approximate surface area is 180 Å². The van der Waals surface area contributed by atoms with E-state index in [2.05, 4.69) is 0 Å². The number of halogens is 1. The number of Topliss-reactive ketones (excluding diaryl/α,β-unsaturated/α-hetero) is 1. The van der Waals surface area contributed by atoms with Crippen LogP contribution in [0.3, 0.4) is 0 Å². The van der Waals surface area contributed by atoms with Crippen molar-refractivity contribution >= 4 is 34.9 Å². The molecule has 1 aliphatic heterocycles. The number of ketones is 1. The van der Waals surface area contributed by atoms with Crippen LogP contribution in [0.2, 0.25) is 5.02 Å². The van der Waals surface area contributed by atoms with Gasteiger partial charge in [-0.1, -0.05) is 17.7 Å². The first-order chi connectivity index (χ1) is 14.3. The first-order valence-corrected chi connectivity index (χ1v) is 9.91. The van der Waals surface area contributed by atoms with E-state index in [0.717, 1.165) is 5.56 Å². The first-order valence-electron chi connectivity index (χ1n) is 9.53. The zero-order chi connectivity index (χ0) is 21.8. The van der Waals surface area contributed by atoms with Crippen LogP contribution in [0.4, 0.5) is 5.69 Å². The van der Waals surface area contributed by atoms with E-state index in [-0.39, 0.29) is 37.4 Å².